The number of hydrogen-bond donors (Lipinski definition) is 7. The number of ether oxygens (including phenoxy) is 4. The van der Waals surface area contributed by atoms with Crippen LogP contribution in [0.4, 0.5) is 0 Å². The third-order valence-corrected chi connectivity index (χ3v) is 6.95. The fraction of sp³-hybridized carbons (Fsp3) is 0.310. The van der Waals surface area contributed by atoms with Crippen LogP contribution in [-0.2, 0) is 20.7 Å². The number of Topliss-reactive ketones (excluding diaryl/α,β-unsaturated/α-hetero) is 1. The number of carbonyl (C=O) groups is 2. The Morgan fingerprint density at radius 1 is 0.857 bits per heavy atom. The first kappa shape index (κ1) is 29.1. The van der Waals surface area contributed by atoms with Gasteiger partial charge in [-0.2, -0.15) is 0 Å². The van der Waals surface area contributed by atoms with Crippen LogP contribution in [0.15, 0.2) is 60.7 Å². The van der Waals surface area contributed by atoms with Crippen LogP contribution in [-0.4, -0.2) is 90.9 Å². The van der Waals surface area contributed by atoms with Gasteiger partial charge in [-0.15, -0.1) is 0 Å². The summed E-state index contributed by atoms with van der Waals surface area (Å²) < 4.78 is 22.1. The number of ketones is 1. The smallest absolute Gasteiger partial charge is 0.310 e. The van der Waals surface area contributed by atoms with Crippen molar-refractivity contribution in [2.24, 2.45) is 0 Å². The highest BCUT2D eigenvalue weighted by molar-refractivity contribution is 6.05. The summed E-state index contributed by atoms with van der Waals surface area (Å²) in [5, 5.41) is 72.2. The molecule has 0 spiro atoms. The average molecular weight is 585 g/mol. The summed E-state index contributed by atoms with van der Waals surface area (Å²) >= 11 is 0. The molecule has 0 unspecified atom stereocenters. The topological polar surface area (TPSA) is 213 Å². The van der Waals surface area contributed by atoms with Gasteiger partial charge in [-0.1, -0.05) is 36.4 Å². The maximum atomic E-state index is 12.8. The van der Waals surface area contributed by atoms with Crippen LogP contribution in [0.5, 0.6) is 28.7 Å². The molecule has 0 bridgehead atoms. The lowest BCUT2D eigenvalue weighted by Crippen LogP contribution is -2.60. The minimum atomic E-state index is -1.80. The summed E-state index contributed by atoms with van der Waals surface area (Å²) in [4.78, 5) is 25.0. The Morgan fingerprint density at radius 3 is 2.33 bits per heavy atom. The quantitative estimate of drug-likeness (QED) is 0.188. The number of phenols is 3. The van der Waals surface area contributed by atoms with Gasteiger partial charge in [-0.05, 0) is 23.3 Å². The highest BCUT2D eigenvalue weighted by Crippen LogP contribution is 2.43. The molecule has 222 valence electrons. The van der Waals surface area contributed by atoms with E-state index in [2.05, 4.69) is 0 Å². The summed E-state index contributed by atoms with van der Waals surface area (Å²) in [5.41, 5.74) is 0.508. The van der Waals surface area contributed by atoms with Gasteiger partial charge >= 0.3 is 5.97 Å². The number of rotatable bonds is 7. The lowest BCUT2D eigenvalue weighted by Gasteiger charge is -2.40. The van der Waals surface area contributed by atoms with E-state index in [9.17, 15) is 45.3 Å². The van der Waals surface area contributed by atoms with Gasteiger partial charge in [0, 0.05) is 12.1 Å². The first-order valence-corrected chi connectivity index (χ1v) is 12.9. The first-order valence-electron chi connectivity index (χ1n) is 12.9. The number of esters is 1. The molecule has 5 rings (SSSR count). The molecule has 0 aliphatic carbocycles. The standard InChI is InChI=1S/C29H28O13/c30-15-10-17(32)22-19(11-15)40-28(26(37)24(22)35)14-6-7-16(31)18(9-14)41-29-27(38)25(36)23(34)20(42-29)12-39-21(33)8-13-4-2-1-3-5-13/h1-7,9-11,20,23,25-32,34,36-38H,8,12H2/t20-,23-,25-,26+,27-,28+,29-/m0/s1. The van der Waals surface area contributed by atoms with Crippen molar-refractivity contribution in [3.05, 3.63) is 77.4 Å². The van der Waals surface area contributed by atoms with Gasteiger partial charge in [0.1, 0.15) is 53.8 Å². The maximum Gasteiger partial charge on any atom is 0.310 e. The molecular formula is C29H28O13. The lowest BCUT2D eigenvalue weighted by atomic mass is 9.92. The van der Waals surface area contributed by atoms with Gasteiger partial charge < -0.3 is 54.7 Å². The summed E-state index contributed by atoms with van der Waals surface area (Å²) in [6.45, 7) is -0.480. The Labute approximate surface area is 238 Å². The maximum absolute atomic E-state index is 12.8. The van der Waals surface area contributed by atoms with Gasteiger partial charge in [-0.3, -0.25) is 9.59 Å². The van der Waals surface area contributed by atoms with Crippen LogP contribution >= 0.6 is 0 Å². The monoisotopic (exact) mass is 584 g/mol. The Kier molecular flexibility index (Phi) is 8.20. The van der Waals surface area contributed by atoms with Crippen molar-refractivity contribution >= 4 is 11.8 Å². The van der Waals surface area contributed by atoms with Gasteiger partial charge in [0.15, 0.2) is 23.7 Å². The SMILES string of the molecule is O=C(Cc1ccccc1)OC[C@@H]1O[C@H](Oc2cc([C@H]3Oc4cc(O)cc(O)c4C(=O)[C@H]3O)ccc2O)[C@@H](O)[C@@H](O)[C@H]1O. The first-order chi connectivity index (χ1) is 20.0. The third-order valence-electron chi connectivity index (χ3n) is 6.95. The third kappa shape index (κ3) is 5.82. The summed E-state index contributed by atoms with van der Waals surface area (Å²) in [6, 6.07) is 14.5. The van der Waals surface area contributed by atoms with Crippen molar-refractivity contribution in [2.45, 2.75) is 49.3 Å². The van der Waals surface area contributed by atoms with E-state index < -0.39 is 72.8 Å². The molecule has 2 heterocycles. The van der Waals surface area contributed by atoms with Crippen LogP contribution in [0.3, 0.4) is 0 Å². The molecule has 7 N–H and O–H groups in total. The zero-order valence-corrected chi connectivity index (χ0v) is 21.8. The van der Waals surface area contributed by atoms with E-state index in [0.29, 0.717) is 5.56 Å². The normalized spacial score (nSPS) is 27.0. The average Bonchev–Trinajstić information content (AvgIpc) is 2.96. The minimum absolute atomic E-state index is 0.0449. The Balaban J connectivity index is 1.31. The summed E-state index contributed by atoms with van der Waals surface area (Å²) in [7, 11) is 0. The molecule has 42 heavy (non-hydrogen) atoms. The molecule has 7 atom stereocenters. The molecule has 0 radical (unpaired) electrons. The number of carbonyl (C=O) groups excluding carboxylic acids is 2. The predicted octanol–water partition coefficient (Wildman–Crippen LogP) is 0.453. The highest BCUT2D eigenvalue weighted by Gasteiger charge is 2.46. The number of aliphatic hydroxyl groups excluding tert-OH is 4. The second kappa shape index (κ2) is 11.8. The number of aliphatic hydroxyl groups is 4. The molecule has 3 aromatic carbocycles. The van der Waals surface area contributed by atoms with E-state index in [1.165, 1.54) is 12.1 Å². The van der Waals surface area contributed by atoms with Crippen molar-refractivity contribution in [2.75, 3.05) is 6.61 Å². The fourth-order valence-electron chi connectivity index (χ4n) is 4.73. The zero-order chi connectivity index (χ0) is 30.1. The second-order valence-electron chi connectivity index (χ2n) is 9.89. The molecule has 0 amide bonds. The summed E-state index contributed by atoms with van der Waals surface area (Å²) in [6.07, 6.45) is -11.4. The molecule has 0 aromatic heterocycles. The van der Waals surface area contributed by atoms with Crippen molar-refractivity contribution in [3.63, 3.8) is 0 Å². The number of fused-ring (bicyclic) bond motifs is 1. The van der Waals surface area contributed by atoms with Crippen molar-refractivity contribution < 1.29 is 64.3 Å². The molecule has 1 fully saturated rings. The largest absolute Gasteiger partial charge is 0.508 e. The van der Waals surface area contributed by atoms with E-state index in [1.807, 2.05) is 0 Å². The Bertz CT molecular complexity index is 1460. The van der Waals surface area contributed by atoms with Gasteiger partial charge in [0.05, 0.1) is 6.42 Å². The molecule has 13 heteroatoms. The van der Waals surface area contributed by atoms with E-state index in [0.717, 1.165) is 18.2 Å². The molecule has 3 aromatic rings. The molecular weight excluding hydrogens is 556 g/mol. The van der Waals surface area contributed by atoms with Crippen LogP contribution in [0, 0.1) is 0 Å². The van der Waals surface area contributed by atoms with Crippen LogP contribution in [0.25, 0.3) is 0 Å². The van der Waals surface area contributed by atoms with Gasteiger partial charge in [-0.25, -0.2) is 0 Å². The fourth-order valence-corrected chi connectivity index (χ4v) is 4.73. The Morgan fingerprint density at radius 2 is 1.60 bits per heavy atom. The second-order valence-corrected chi connectivity index (χ2v) is 9.89. The summed E-state index contributed by atoms with van der Waals surface area (Å²) in [5.74, 6) is -3.40. The molecule has 2 aliphatic heterocycles. The number of phenolic OH excluding ortho intramolecular Hbond substituents is 3. The van der Waals surface area contributed by atoms with Crippen LogP contribution in [0.2, 0.25) is 0 Å². The molecule has 13 nitrogen and oxygen atoms in total. The van der Waals surface area contributed by atoms with Crippen molar-refractivity contribution in [1.29, 1.82) is 0 Å². The molecule has 0 saturated carbocycles. The highest BCUT2D eigenvalue weighted by atomic mass is 16.7. The molecule has 1 saturated heterocycles. The number of hydrogen-bond acceptors (Lipinski definition) is 13. The van der Waals surface area contributed by atoms with Crippen molar-refractivity contribution in [3.8, 4) is 28.7 Å². The van der Waals surface area contributed by atoms with Crippen molar-refractivity contribution in [1.82, 2.24) is 0 Å². The van der Waals surface area contributed by atoms with Crippen LogP contribution in [0.1, 0.15) is 27.6 Å². The van der Waals surface area contributed by atoms with E-state index in [4.69, 9.17) is 18.9 Å². The lowest BCUT2D eigenvalue weighted by molar-refractivity contribution is -0.278. The number of benzene rings is 3. The van der Waals surface area contributed by atoms with E-state index >= 15 is 0 Å². The van der Waals surface area contributed by atoms with E-state index in [1.54, 1.807) is 30.3 Å². The van der Waals surface area contributed by atoms with Crippen LogP contribution < -0.4 is 9.47 Å². The predicted molar refractivity (Wildman–Crippen MR) is 140 cm³/mol. The van der Waals surface area contributed by atoms with E-state index in [-0.39, 0.29) is 34.8 Å². The number of aromatic hydroxyl groups is 3. The van der Waals surface area contributed by atoms with Gasteiger partial charge in [0.25, 0.3) is 0 Å². The Hall–Kier alpha value is -4.40. The minimum Gasteiger partial charge on any atom is -0.508 e. The molecule has 2 aliphatic rings. The zero-order valence-electron chi connectivity index (χ0n) is 21.8. The van der Waals surface area contributed by atoms with Gasteiger partial charge in [0.2, 0.25) is 12.1 Å².